The van der Waals surface area contributed by atoms with E-state index in [1.54, 1.807) is 23.1 Å². The SMILES string of the molecule is CCCCOC(=O)N[C@H]1CCN(C(=O)c2ccc(-c3ccc(C)cc3)c(-c3ccc(C#N)c(F)c3)c2)C1. The lowest BCUT2D eigenvalue weighted by molar-refractivity contribution is 0.0787. The van der Waals surface area contributed by atoms with Crippen LogP contribution in [0.3, 0.4) is 0 Å². The Bertz CT molecular complexity index is 1330. The quantitative estimate of drug-likeness (QED) is 0.400. The summed E-state index contributed by atoms with van der Waals surface area (Å²) in [6.45, 7) is 5.31. The van der Waals surface area contributed by atoms with Gasteiger partial charge in [0.25, 0.3) is 5.91 Å². The Hall–Kier alpha value is -4.18. The van der Waals surface area contributed by atoms with Crippen molar-refractivity contribution in [2.75, 3.05) is 19.7 Å². The lowest BCUT2D eigenvalue weighted by atomic mass is 9.91. The number of benzene rings is 3. The Kier molecular flexibility index (Phi) is 8.19. The summed E-state index contributed by atoms with van der Waals surface area (Å²) in [6.07, 6.45) is 1.94. The van der Waals surface area contributed by atoms with Crippen molar-refractivity contribution in [3.05, 3.63) is 83.2 Å². The molecular weight excluding hydrogens is 469 g/mol. The molecule has 0 saturated carbocycles. The van der Waals surface area contributed by atoms with Gasteiger partial charge in [0, 0.05) is 18.7 Å². The number of nitrogens with one attached hydrogen (secondary N) is 1. The zero-order chi connectivity index (χ0) is 26.4. The molecule has 1 fully saturated rings. The van der Waals surface area contributed by atoms with Crippen molar-refractivity contribution in [1.82, 2.24) is 10.2 Å². The Morgan fingerprint density at radius 3 is 2.54 bits per heavy atom. The topological polar surface area (TPSA) is 82.4 Å². The van der Waals surface area contributed by atoms with Gasteiger partial charge in [-0.15, -0.1) is 0 Å². The zero-order valence-corrected chi connectivity index (χ0v) is 21.1. The molecule has 1 atom stereocenters. The van der Waals surface area contributed by atoms with E-state index in [2.05, 4.69) is 5.32 Å². The van der Waals surface area contributed by atoms with Gasteiger partial charge in [-0.3, -0.25) is 4.79 Å². The second kappa shape index (κ2) is 11.7. The number of nitrogens with zero attached hydrogens (tertiary/aromatic N) is 2. The van der Waals surface area contributed by atoms with Crippen LogP contribution in [-0.2, 0) is 4.74 Å². The molecule has 190 valence electrons. The summed E-state index contributed by atoms with van der Waals surface area (Å²) < 4.78 is 19.7. The minimum atomic E-state index is -0.606. The van der Waals surface area contributed by atoms with Crippen molar-refractivity contribution < 1.29 is 18.7 Å². The van der Waals surface area contributed by atoms with Gasteiger partial charge in [0.15, 0.2) is 0 Å². The number of hydrogen-bond donors (Lipinski definition) is 1. The zero-order valence-electron chi connectivity index (χ0n) is 21.1. The third kappa shape index (κ3) is 6.15. The van der Waals surface area contributed by atoms with Crippen LogP contribution in [0.15, 0.2) is 60.7 Å². The second-order valence-corrected chi connectivity index (χ2v) is 9.30. The van der Waals surface area contributed by atoms with Crippen LogP contribution in [0, 0.1) is 24.1 Å². The highest BCUT2D eigenvalue weighted by molar-refractivity contribution is 5.98. The molecule has 1 heterocycles. The van der Waals surface area contributed by atoms with E-state index in [-0.39, 0.29) is 17.5 Å². The standard InChI is InChI=1S/C30H30FN3O3/c1-3-4-15-37-30(36)33-25-13-14-34(19-25)29(35)23-11-12-26(21-7-5-20(2)6-8-21)27(16-23)22-9-10-24(18-32)28(31)17-22/h5-12,16-17,25H,3-4,13-15,19H2,1-2H3,(H,33,36)/t25-/m0/s1. The van der Waals surface area contributed by atoms with Crippen molar-refractivity contribution >= 4 is 12.0 Å². The Morgan fingerprint density at radius 2 is 1.84 bits per heavy atom. The fourth-order valence-electron chi connectivity index (χ4n) is 4.44. The van der Waals surface area contributed by atoms with E-state index in [9.17, 15) is 14.0 Å². The van der Waals surface area contributed by atoms with Gasteiger partial charge in [-0.1, -0.05) is 55.3 Å². The summed E-state index contributed by atoms with van der Waals surface area (Å²) in [4.78, 5) is 27.1. The van der Waals surface area contributed by atoms with Crippen LogP contribution < -0.4 is 5.32 Å². The maximum Gasteiger partial charge on any atom is 0.407 e. The molecule has 0 aliphatic carbocycles. The molecule has 0 spiro atoms. The summed E-state index contributed by atoms with van der Waals surface area (Å²) in [5.74, 6) is -0.764. The molecule has 37 heavy (non-hydrogen) atoms. The lowest BCUT2D eigenvalue weighted by Gasteiger charge is -2.19. The fourth-order valence-corrected chi connectivity index (χ4v) is 4.44. The molecule has 0 aromatic heterocycles. The fraction of sp³-hybridized carbons (Fsp3) is 0.300. The summed E-state index contributed by atoms with van der Waals surface area (Å²) in [6, 6.07) is 19.6. The van der Waals surface area contributed by atoms with E-state index in [0.717, 1.165) is 29.5 Å². The number of aryl methyl sites for hydroxylation is 1. The molecule has 0 unspecified atom stereocenters. The van der Waals surface area contributed by atoms with Crippen LogP contribution in [0.25, 0.3) is 22.3 Å². The number of halogens is 1. The Balaban J connectivity index is 1.59. The normalized spacial score (nSPS) is 14.8. The summed E-state index contributed by atoms with van der Waals surface area (Å²) >= 11 is 0. The molecule has 7 heteroatoms. The molecule has 3 aromatic carbocycles. The molecule has 2 amide bonds. The van der Waals surface area contributed by atoms with Crippen molar-refractivity contribution in [2.45, 2.75) is 39.2 Å². The second-order valence-electron chi connectivity index (χ2n) is 9.30. The molecule has 4 rings (SSSR count). The number of likely N-dealkylation sites (tertiary alicyclic amines) is 1. The molecule has 1 N–H and O–H groups in total. The number of alkyl carbamates (subject to hydrolysis) is 1. The summed E-state index contributed by atoms with van der Waals surface area (Å²) in [7, 11) is 0. The van der Waals surface area contributed by atoms with Gasteiger partial charge in [-0.25, -0.2) is 9.18 Å². The van der Waals surface area contributed by atoms with Crippen LogP contribution in [0.5, 0.6) is 0 Å². The number of unbranched alkanes of at least 4 members (excludes halogenated alkanes) is 1. The Labute approximate surface area is 216 Å². The van der Waals surface area contributed by atoms with Crippen LogP contribution in [-0.4, -0.2) is 42.6 Å². The van der Waals surface area contributed by atoms with E-state index in [1.165, 1.54) is 12.1 Å². The molecule has 1 aliphatic rings. The number of amides is 2. The third-order valence-corrected chi connectivity index (χ3v) is 6.56. The van der Waals surface area contributed by atoms with Gasteiger partial charge in [0.05, 0.1) is 18.2 Å². The average Bonchev–Trinajstić information content (AvgIpc) is 3.37. The molecule has 0 radical (unpaired) electrons. The predicted octanol–water partition coefficient (Wildman–Crippen LogP) is 6.08. The lowest BCUT2D eigenvalue weighted by Crippen LogP contribution is -2.38. The van der Waals surface area contributed by atoms with Gasteiger partial charge >= 0.3 is 6.09 Å². The van der Waals surface area contributed by atoms with E-state index in [4.69, 9.17) is 10.00 Å². The van der Waals surface area contributed by atoms with E-state index < -0.39 is 11.9 Å². The van der Waals surface area contributed by atoms with Gasteiger partial charge in [-0.2, -0.15) is 5.26 Å². The highest BCUT2D eigenvalue weighted by atomic mass is 19.1. The predicted molar refractivity (Wildman–Crippen MR) is 140 cm³/mol. The molecule has 1 aliphatic heterocycles. The monoisotopic (exact) mass is 499 g/mol. The smallest absolute Gasteiger partial charge is 0.407 e. The summed E-state index contributed by atoms with van der Waals surface area (Å²) in [5, 5.41) is 12.0. The van der Waals surface area contributed by atoms with E-state index >= 15 is 0 Å². The molecular formula is C30H30FN3O3. The Morgan fingerprint density at radius 1 is 1.08 bits per heavy atom. The summed E-state index contributed by atoms with van der Waals surface area (Å²) in [5.41, 5.74) is 4.64. The van der Waals surface area contributed by atoms with Crippen molar-refractivity contribution in [1.29, 1.82) is 5.26 Å². The van der Waals surface area contributed by atoms with E-state index in [1.807, 2.05) is 50.2 Å². The minimum Gasteiger partial charge on any atom is -0.450 e. The van der Waals surface area contributed by atoms with Crippen LogP contribution in [0.2, 0.25) is 0 Å². The highest BCUT2D eigenvalue weighted by Gasteiger charge is 2.29. The first kappa shape index (κ1) is 25.9. The van der Waals surface area contributed by atoms with Crippen molar-refractivity contribution in [2.24, 2.45) is 0 Å². The largest absolute Gasteiger partial charge is 0.450 e. The maximum atomic E-state index is 14.5. The van der Waals surface area contributed by atoms with Crippen molar-refractivity contribution in [3.8, 4) is 28.3 Å². The van der Waals surface area contributed by atoms with Gasteiger partial charge < -0.3 is 15.0 Å². The van der Waals surface area contributed by atoms with Crippen LogP contribution in [0.1, 0.15) is 47.7 Å². The molecule has 1 saturated heterocycles. The number of nitriles is 1. The maximum absolute atomic E-state index is 14.5. The number of ether oxygens (including phenoxy) is 1. The number of rotatable bonds is 7. The first-order chi connectivity index (χ1) is 17.9. The van der Waals surface area contributed by atoms with Crippen molar-refractivity contribution in [3.63, 3.8) is 0 Å². The van der Waals surface area contributed by atoms with Gasteiger partial charge in [-0.05, 0) is 66.3 Å². The van der Waals surface area contributed by atoms with Gasteiger partial charge in [0.1, 0.15) is 11.9 Å². The molecule has 3 aromatic rings. The van der Waals surface area contributed by atoms with Gasteiger partial charge in [0.2, 0.25) is 0 Å². The van der Waals surface area contributed by atoms with E-state index in [0.29, 0.717) is 42.8 Å². The van der Waals surface area contributed by atoms with Crippen LogP contribution >= 0.6 is 0 Å². The highest BCUT2D eigenvalue weighted by Crippen LogP contribution is 2.34. The minimum absolute atomic E-state index is 0.0308. The first-order valence-electron chi connectivity index (χ1n) is 12.5. The third-order valence-electron chi connectivity index (χ3n) is 6.56. The molecule has 6 nitrogen and oxygen atoms in total. The molecule has 0 bridgehead atoms. The first-order valence-corrected chi connectivity index (χ1v) is 12.5. The number of carbonyl (C=O) groups excluding carboxylic acids is 2. The average molecular weight is 500 g/mol. The van der Waals surface area contributed by atoms with Crippen LogP contribution in [0.4, 0.5) is 9.18 Å². The number of carbonyl (C=O) groups is 2. The number of hydrogen-bond acceptors (Lipinski definition) is 4.